The summed E-state index contributed by atoms with van der Waals surface area (Å²) in [6.45, 7) is 3.40. The minimum absolute atomic E-state index is 0.0474. The SMILES string of the molecule is COc1cc([C@H]2c3sc(=O)[nH]c3SC3C4CC(C5C(=O)N(C(C(=O)O)C(C)C)C(=O)C45)C32)cc(OC)c1O. The van der Waals surface area contributed by atoms with Crippen molar-refractivity contribution < 1.29 is 34.1 Å². The fourth-order valence-corrected chi connectivity index (χ4v) is 10.4. The van der Waals surface area contributed by atoms with Gasteiger partial charge in [0.15, 0.2) is 11.5 Å². The van der Waals surface area contributed by atoms with Gasteiger partial charge < -0.3 is 24.7 Å². The molecular weight excluding hydrogens is 532 g/mol. The number of fused-ring (bicyclic) bond motifs is 9. The van der Waals surface area contributed by atoms with E-state index in [-0.39, 0.29) is 57.0 Å². The number of carbonyl (C=O) groups excluding carboxylic acids is 2. The molecule has 1 aromatic heterocycles. The zero-order valence-electron chi connectivity index (χ0n) is 21.2. The number of likely N-dealkylation sites (tertiary alicyclic amines) is 1. The third-order valence-electron chi connectivity index (χ3n) is 8.78. The highest BCUT2D eigenvalue weighted by atomic mass is 32.2. The molecule has 2 aliphatic carbocycles. The summed E-state index contributed by atoms with van der Waals surface area (Å²) in [4.78, 5) is 56.6. The number of imide groups is 1. The Kier molecular flexibility index (Phi) is 5.84. The number of carboxylic acids is 1. The molecule has 202 valence electrons. The number of H-pyrrole nitrogens is 1. The zero-order valence-corrected chi connectivity index (χ0v) is 22.8. The first-order chi connectivity index (χ1) is 18.1. The fourth-order valence-electron chi connectivity index (χ4n) is 7.47. The number of aliphatic carboxylic acids is 1. The number of nitrogens with zero attached hydrogens (tertiary/aromatic N) is 1. The maximum Gasteiger partial charge on any atom is 0.327 e. The summed E-state index contributed by atoms with van der Waals surface area (Å²) in [6.07, 6.45) is 0.685. The standard InChI is InChI=1S/C26H28N2O8S2/c1-8(2)18(25(32)33)28-23(30)16-10-7-11(17(16)24(28)31)20-15(10)14(21-22(37-20)27-26(34)38-21)9-5-12(35-3)19(29)13(6-9)36-4/h5-6,8,10-11,14-18,20,29H,7H2,1-4H3,(H,27,34)(H,32,33)/t10?,11?,14-,15?,16?,17?,18?,20?/m1/s1. The number of phenols is 1. The minimum Gasteiger partial charge on any atom is -0.502 e. The predicted molar refractivity (Wildman–Crippen MR) is 138 cm³/mol. The Labute approximate surface area is 226 Å². The molecule has 2 aromatic rings. The van der Waals surface area contributed by atoms with Gasteiger partial charge in [0.05, 0.1) is 31.1 Å². The molecule has 38 heavy (non-hydrogen) atoms. The van der Waals surface area contributed by atoms with Crippen LogP contribution in [0.5, 0.6) is 17.2 Å². The van der Waals surface area contributed by atoms with Crippen LogP contribution in [0.15, 0.2) is 22.0 Å². The Morgan fingerprint density at radius 1 is 1.08 bits per heavy atom. The van der Waals surface area contributed by atoms with Gasteiger partial charge in [-0.3, -0.25) is 19.3 Å². The molecule has 6 rings (SSSR count). The number of aromatic hydroxyl groups is 1. The van der Waals surface area contributed by atoms with Crippen molar-refractivity contribution in [1.82, 2.24) is 9.88 Å². The maximum absolute atomic E-state index is 13.8. The van der Waals surface area contributed by atoms with Crippen molar-refractivity contribution in [2.75, 3.05) is 14.2 Å². The first kappa shape index (κ1) is 25.3. The van der Waals surface area contributed by atoms with E-state index >= 15 is 0 Å². The van der Waals surface area contributed by atoms with Gasteiger partial charge in [-0.05, 0) is 47.8 Å². The number of nitrogens with one attached hydrogen (secondary N) is 1. The number of rotatable bonds is 6. The Bertz CT molecular complexity index is 1390. The normalized spacial score (nSPS) is 31.8. The van der Waals surface area contributed by atoms with Gasteiger partial charge in [0.2, 0.25) is 17.6 Å². The Morgan fingerprint density at radius 2 is 1.68 bits per heavy atom. The van der Waals surface area contributed by atoms with E-state index in [9.17, 15) is 29.4 Å². The largest absolute Gasteiger partial charge is 0.502 e. The molecule has 10 nitrogen and oxygen atoms in total. The molecule has 4 aliphatic rings. The third kappa shape index (κ3) is 3.32. The highest BCUT2D eigenvalue weighted by molar-refractivity contribution is 8.00. The van der Waals surface area contributed by atoms with E-state index in [1.165, 1.54) is 14.2 Å². The summed E-state index contributed by atoms with van der Waals surface area (Å²) < 4.78 is 10.8. The molecule has 3 heterocycles. The van der Waals surface area contributed by atoms with E-state index in [1.54, 1.807) is 37.7 Å². The summed E-state index contributed by atoms with van der Waals surface area (Å²) in [5, 5.41) is 21.1. The Balaban J connectivity index is 1.47. The number of thiazole rings is 1. The lowest BCUT2D eigenvalue weighted by Crippen LogP contribution is -2.49. The van der Waals surface area contributed by atoms with Gasteiger partial charge in [-0.1, -0.05) is 25.2 Å². The average molecular weight is 561 g/mol. The van der Waals surface area contributed by atoms with Crippen molar-refractivity contribution >= 4 is 40.9 Å². The van der Waals surface area contributed by atoms with Gasteiger partial charge in [0.1, 0.15) is 6.04 Å². The first-order valence-corrected chi connectivity index (χ1v) is 14.2. The van der Waals surface area contributed by atoms with Gasteiger partial charge >= 0.3 is 10.8 Å². The number of benzene rings is 1. The van der Waals surface area contributed by atoms with Crippen LogP contribution in [0.4, 0.5) is 0 Å². The van der Waals surface area contributed by atoms with Crippen LogP contribution < -0.4 is 14.3 Å². The molecule has 2 amide bonds. The van der Waals surface area contributed by atoms with Crippen molar-refractivity contribution in [1.29, 1.82) is 0 Å². The van der Waals surface area contributed by atoms with Crippen LogP contribution >= 0.6 is 23.1 Å². The summed E-state index contributed by atoms with van der Waals surface area (Å²) in [5.74, 6) is -3.85. The van der Waals surface area contributed by atoms with Gasteiger partial charge in [0, 0.05) is 16.0 Å². The quantitative estimate of drug-likeness (QED) is 0.454. The summed E-state index contributed by atoms with van der Waals surface area (Å²) >= 11 is 2.68. The van der Waals surface area contributed by atoms with Gasteiger partial charge in [0.25, 0.3) is 0 Å². The molecule has 1 saturated heterocycles. The minimum atomic E-state index is -1.20. The molecule has 8 atom stereocenters. The fraction of sp³-hybridized carbons (Fsp3) is 0.538. The molecule has 2 aliphatic heterocycles. The van der Waals surface area contributed by atoms with E-state index < -0.39 is 35.7 Å². The number of amides is 2. The summed E-state index contributed by atoms with van der Waals surface area (Å²) in [6, 6.07) is 2.27. The number of methoxy groups -OCH3 is 2. The van der Waals surface area contributed by atoms with Crippen LogP contribution in [0.25, 0.3) is 0 Å². The summed E-state index contributed by atoms with van der Waals surface area (Å²) in [7, 11) is 2.90. The van der Waals surface area contributed by atoms with E-state index in [0.717, 1.165) is 31.7 Å². The number of hydrogen-bond donors (Lipinski definition) is 3. The number of aromatic nitrogens is 1. The highest BCUT2D eigenvalue weighted by Crippen LogP contribution is 2.69. The van der Waals surface area contributed by atoms with Crippen molar-refractivity contribution in [3.63, 3.8) is 0 Å². The number of carbonyl (C=O) groups is 3. The van der Waals surface area contributed by atoms with Crippen molar-refractivity contribution in [2.24, 2.45) is 35.5 Å². The van der Waals surface area contributed by atoms with Crippen LogP contribution in [-0.2, 0) is 14.4 Å². The van der Waals surface area contributed by atoms with Crippen LogP contribution in [0.2, 0.25) is 0 Å². The van der Waals surface area contributed by atoms with Crippen LogP contribution in [-0.4, -0.2) is 63.4 Å². The van der Waals surface area contributed by atoms with Crippen LogP contribution in [0.3, 0.4) is 0 Å². The van der Waals surface area contributed by atoms with E-state index in [4.69, 9.17) is 9.47 Å². The lowest BCUT2D eigenvalue weighted by atomic mass is 9.68. The molecule has 2 saturated carbocycles. The molecule has 0 spiro atoms. The summed E-state index contributed by atoms with van der Waals surface area (Å²) in [5.41, 5.74) is 0.784. The van der Waals surface area contributed by atoms with Crippen molar-refractivity contribution in [2.45, 2.75) is 42.5 Å². The van der Waals surface area contributed by atoms with Gasteiger partial charge in [-0.15, -0.1) is 11.8 Å². The van der Waals surface area contributed by atoms with E-state index in [2.05, 4.69) is 4.98 Å². The molecule has 12 heteroatoms. The van der Waals surface area contributed by atoms with Gasteiger partial charge in [-0.2, -0.15) is 0 Å². The van der Waals surface area contributed by atoms with Gasteiger partial charge in [-0.25, -0.2) is 4.79 Å². The predicted octanol–water partition coefficient (Wildman–Crippen LogP) is 2.74. The second-order valence-electron chi connectivity index (χ2n) is 10.8. The number of phenolic OH excluding ortho intramolecular Hbond substituents is 1. The first-order valence-electron chi connectivity index (χ1n) is 12.5. The molecule has 1 aromatic carbocycles. The van der Waals surface area contributed by atoms with E-state index in [0.29, 0.717) is 6.42 Å². The number of thioether (sulfide) groups is 1. The monoisotopic (exact) mass is 560 g/mol. The number of carboxylic acid groups (broad SMARTS) is 1. The Morgan fingerprint density at radius 3 is 2.24 bits per heavy atom. The number of hydrogen-bond acceptors (Lipinski definition) is 9. The molecule has 3 N–H and O–H groups in total. The van der Waals surface area contributed by atoms with Crippen LogP contribution in [0.1, 0.15) is 36.6 Å². The number of ether oxygens (including phenoxy) is 2. The second kappa shape index (κ2) is 8.77. The molecule has 2 bridgehead atoms. The van der Waals surface area contributed by atoms with Crippen molar-refractivity contribution in [3.8, 4) is 17.2 Å². The average Bonchev–Trinajstić information content (AvgIpc) is 3.59. The smallest absolute Gasteiger partial charge is 0.327 e. The van der Waals surface area contributed by atoms with Crippen LogP contribution in [0, 0.1) is 35.5 Å². The zero-order chi connectivity index (χ0) is 27.2. The molecular formula is C26H28N2O8S2. The van der Waals surface area contributed by atoms with Crippen molar-refractivity contribution in [3.05, 3.63) is 32.2 Å². The topological polar surface area (TPSA) is 146 Å². The maximum atomic E-state index is 13.8. The highest BCUT2D eigenvalue weighted by Gasteiger charge is 2.70. The molecule has 3 fully saturated rings. The molecule has 0 radical (unpaired) electrons. The third-order valence-corrected chi connectivity index (χ3v) is 11.4. The molecule has 7 unspecified atom stereocenters. The number of aromatic amines is 1. The second-order valence-corrected chi connectivity index (χ2v) is 13.0. The lowest BCUT2D eigenvalue weighted by Gasteiger charge is -2.43. The Hall–Kier alpha value is -2.99. The van der Waals surface area contributed by atoms with E-state index in [1.807, 2.05) is 0 Å². The lowest BCUT2D eigenvalue weighted by molar-refractivity contribution is -0.157.